The van der Waals surface area contributed by atoms with Gasteiger partial charge >= 0.3 is 5.97 Å². The molecule has 0 atom stereocenters. The van der Waals surface area contributed by atoms with Crippen LogP contribution < -0.4 is 0 Å². The van der Waals surface area contributed by atoms with Crippen LogP contribution in [0.25, 0.3) is 28.0 Å². The molecule has 0 N–H and O–H groups in total. The van der Waals surface area contributed by atoms with E-state index in [0.717, 1.165) is 40.3 Å². The van der Waals surface area contributed by atoms with Gasteiger partial charge in [0, 0.05) is 23.4 Å². The SMILES string of the molecule is CCn1nc(C)c(-c2cc(C(=O)OC)n3nc(C)c(-c4ccccc4)c3n2)c1C. The van der Waals surface area contributed by atoms with Gasteiger partial charge in [0.15, 0.2) is 11.3 Å². The van der Waals surface area contributed by atoms with E-state index in [4.69, 9.17) is 9.72 Å². The Bertz CT molecular complexity index is 1220. The number of benzene rings is 1. The Balaban J connectivity index is 2.08. The third-order valence-electron chi connectivity index (χ3n) is 5.16. The zero-order valence-corrected chi connectivity index (χ0v) is 17.2. The molecule has 3 aromatic heterocycles. The number of esters is 1. The van der Waals surface area contributed by atoms with Crippen molar-refractivity contribution in [2.45, 2.75) is 34.2 Å². The van der Waals surface area contributed by atoms with Gasteiger partial charge < -0.3 is 4.74 Å². The molecule has 0 unspecified atom stereocenters. The van der Waals surface area contributed by atoms with Crippen LogP contribution in [0.2, 0.25) is 0 Å². The fourth-order valence-electron chi connectivity index (χ4n) is 3.82. The lowest BCUT2D eigenvalue weighted by molar-refractivity contribution is 0.0590. The van der Waals surface area contributed by atoms with Crippen molar-refractivity contribution in [1.82, 2.24) is 24.4 Å². The molecule has 0 spiro atoms. The number of ether oxygens (including phenoxy) is 1. The third kappa shape index (κ3) is 2.99. The molecule has 0 aliphatic heterocycles. The maximum atomic E-state index is 12.6. The molecule has 7 heteroatoms. The zero-order valence-electron chi connectivity index (χ0n) is 17.2. The van der Waals surface area contributed by atoms with Gasteiger partial charge in [-0.15, -0.1) is 0 Å². The predicted molar refractivity (Wildman–Crippen MR) is 111 cm³/mol. The number of rotatable bonds is 4. The van der Waals surface area contributed by atoms with Gasteiger partial charge in [-0.05, 0) is 39.3 Å². The summed E-state index contributed by atoms with van der Waals surface area (Å²) in [6.07, 6.45) is 0. The number of hydrogen-bond acceptors (Lipinski definition) is 5. The first kappa shape index (κ1) is 18.9. The number of methoxy groups -OCH3 is 1. The second kappa shape index (κ2) is 7.16. The lowest BCUT2D eigenvalue weighted by atomic mass is 10.1. The average Bonchev–Trinajstić information content (AvgIpc) is 3.21. The van der Waals surface area contributed by atoms with E-state index in [1.54, 1.807) is 10.6 Å². The molecule has 29 heavy (non-hydrogen) atoms. The number of carbonyl (C=O) groups excluding carboxylic acids is 1. The zero-order chi connectivity index (χ0) is 20.7. The second-order valence-electron chi connectivity index (χ2n) is 6.94. The number of carbonyl (C=O) groups is 1. The van der Waals surface area contributed by atoms with Crippen molar-refractivity contribution in [2.24, 2.45) is 0 Å². The molecule has 4 aromatic rings. The fourth-order valence-corrected chi connectivity index (χ4v) is 3.82. The topological polar surface area (TPSA) is 74.3 Å². The van der Waals surface area contributed by atoms with Crippen molar-refractivity contribution >= 4 is 11.6 Å². The van der Waals surface area contributed by atoms with Crippen LogP contribution in [0, 0.1) is 20.8 Å². The van der Waals surface area contributed by atoms with Crippen LogP contribution in [0.1, 0.15) is 34.5 Å². The van der Waals surface area contributed by atoms with Gasteiger partial charge in [-0.3, -0.25) is 4.68 Å². The van der Waals surface area contributed by atoms with Crippen LogP contribution in [0.15, 0.2) is 36.4 Å². The second-order valence-corrected chi connectivity index (χ2v) is 6.94. The number of fused-ring (bicyclic) bond motifs is 1. The highest BCUT2D eigenvalue weighted by Gasteiger charge is 2.23. The van der Waals surface area contributed by atoms with Gasteiger partial charge in [-0.2, -0.15) is 10.2 Å². The maximum absolute atomic E-state index is 12.6. The van der Waals surface area contributed by atoms with E-state index >= 15 is 0 Å². The van der Waals surface area contributed by atoms with Gasteiger partial charge in [0.05, 0.1) is 24.2 Å². The van der Waals surface area contributed by atoms with Crippen LogP contribution >= 0.6 is 0 Å². The Hall–Kier alpha value is -3.48. The molecule has 0 aliphatic carbocycles. The Morgan fingerprint density at radius 3 is 2.34 bits per heavy atom. The number of aryl methyl sites for hydroxylation is 3. The summed E-state index contributed by atoms with van der Waals surface area (Å²) in [6.45, 7) is 8.71. The first-order valence-electron chi connectivity index (χ1n) is 9.54. The Kier molecular flexibility index (Phi) is 4.66. The summed E-state index contributed by atoms with van der Waals surface area (Å²) < 4.78 is 8.54. The van der Waals surface area contributed by atoms with Crippen molar-refractivity contribution in [1.29, 1.82) is 0 Å². The Labute approximate surface area is 169 Å². The summed E-state index contributed by atoms with van der Waals surface area (Å²) in [5.41, 5.74) is 7.14. The molecular formula is C22H23N5O2. The normalized spacial score (nSPS) is 11.2. The van der Waals surface area contributed by atoms with Crippen molar-refractivity contribution in [3.05, 3.63) is 59.2 Å². The van der Waals surface area contributed by atoms with Gasteiger partial charge in [0.1, 0.15) is 0 Å². The first-order valence-corrected chi connectivity index (χ1v) is 9.54. The molecule has 0 fully saturated rings. The molecule has 0 amide bonds. The molecule has 7 nitrogen and oxygen atoms in total. The minimum absolute atomic E-state index is 0.334. The first-order chi connectivity index (χ1) is 14.0. The smallest absolute Gasteiger partial charge is 0.356 e. The molecular weight excluding hydrogens is 366 g/mol. The average molecular weight is 389 g/mol. The molecule has 0 saturated carbocycles. The van der Waals surface area contributed by atoms with Gasteiger partial charge in [-0.1, -0.05) is 30.3 Å². The lowest BCUT2D eigenvalue weighted by Crippen LogP contribution is -2.11. The summed E-state index contributed by atoms with van der Waals surface area (Å²) in [5, 5.41) is 9.20. The molecule has 1 aromatic carbocycles. The maximum Gasteiger partial charge on any atom is 0.356 e. The van der Waals surface area contributed by atoms with Crippen molar-refractivity contribution in [3.63, 3.8) is 0 Å². The summed E-state index contributed by atoms with van der Waals surface area (Å²) in [7, 11) is 1.37. The largest absolute Gasteiger partial charge is 0.464 e. The van der Waals surface area contributed by atoms with E-state index in [1.165, 1.54) is 7.11 Å². The standard InChI is InChI=1S/C22H23N5O2/c1-6-26-15(4)19(13(2)24-26)17-12-18(22(28)29-5)27-21(23-17)20(14(3)25-27)16-10-8-7-9-11-16/h7-12H,6H2,1-5H3. The van der Waals surface area contributed by atoms with Crippen molar-refractivity contribution in [2.75, 3.05) is 7.11 Å². The summed E-state index contributed by atoms with van der Waals surface area (Å²) >= 11 is 0. The highest BCUT2D eigenvalue weighted by molar-refractivity contribution is 5.92. The number of hydrogen-bond donors (Lipinski definition) is 0. The Morgan fingerprint density at radius 2 is 1.72 bits per heavy atom. The molecule has 0 aliphatic rings. The number of nitrogens with zero attached hydrogens (tertiary/aromatic N) is 5. The molecule has 0 saturated heterocycles. The Morgan fingerprint density at radius 1 is 1.03 bits per heavy atom. The third-order valence-corrected chi connectivity index (χ3v) is 5.16. The molecule has 148 valence electrons. The fraction of sp³-hybridized carbons (Fsp3) is 0.273. The molecule has 0 bridgehead atoms. The minimum atomic E-state index is -0.459. The van der Waals surface area contributed by atoms with Gasteiger partial charge in [0.25, 0.3) is 0 Å². The summed E-state index contributed by atoms with van der Waals surface area (Å²) in [5.74, 6) is -0.459. The van der Waals surface area contributed by atoms with E-state index in [0.29, 0.717) is 17.0 Å². The van der Waals surface area contributed by atoms with Crippen LogP contribution in [-0.2, 0) is 11.3 Å². The quantitative estimate of drug-likeness (QED) is 0.493. The highest BCUT2D eigenvalue weighted by Crippen LogP contribution is 2.32. The van der Waals surface area contributed by atoms with Crippen LogP contribution in [0.4, 0.5) is 0 Å². The van der Waals surface area contributed by atoms with E-state index in [-0.39, 0.29) is 0 Å². The molecule has 4 rings (SSSR count). The molecule has 3 heterocycles. The highest BCUT2D eigenvalue weighted by atomic mass is 16.5. The van der Waals surface area contributed by atoms with Gasteiger partial charge in [-0.25, -0.2) is 14.3 Å². The van der Waals surface area contributed by atoms with Crippen LogP contribution in [0.3, 0.4) is 0 Å². The van der Waals surface area contributed by atoms with Crippen LogP contribution in [0.5, 0.6) is 0 Å². The minimum Gasteiger partial charge on any atom is -0.464 e. The van der Waals surface area contributed by atoms with E-state index in [1.807, 2.05) is 62.7 Å². The summed E-state index contributed by atoms with van der Waals surface area (Å²) in [4.78, 5) is 17.5. The monoisotopic (exact) mass is 389 g/mol. The van der Waals surface area contributed by atoms with Crippen molar-refractivity contribution < 1.29 is 9.53 Å². The van der Waals surface area contributed by atoms with E-state index < -0.39 is 5.97 Å². The lowest BCUT2D eigenvalue weighted by Gasteiger charge is -2.09. The van der Waals surface area contributed by atoms with Crippen molar-refractivity contribution in [3.8, 4) is 22.4 Å². The van der Waals surface area contributed by atoms with E-state index in [2.05, 4.69) is 10.2 Å². The number of aromatic nitrogens is 5. The van der Waals surface area contributed by atoms with Crippen LogP contribution in [-0.4, -0.2) is 37.5 Å². The summed E-state index contributed by atoms with van der Waals surface area (Å²) in [6, 6.07) is 11.7. The van der Waals surface area contributed by atoms with E-state index in [9.17, 15) is 4.79 Å². The van der Waals surface area contributed by atoms with Gasteiger partial charge in [0.2, 0.25) is 0 Å². The molecule has 0 radical (unpaired) electrons. The predicted octanol–water partition coefficient (Wildman–Crippen LogP) is 3.99.